The molecular formula is C27H30N4O3. The van der Waals surface area contributed by atoms with Gasteiger partial charge in [-0.1, -0.05) is 31.0 Å². The molecule has 3 aromatic carbocycles. The average Bonchev–Trinajstić information content (AvgIpc) is 2.84. The molecule has 0 saturated carbocycles. The number of anilines is 3. The molecule has 34 heavy (non-hydrogen) atoms. The van der Waals surface area contributed by atoms with Gasteiger partial charge in [0, 0.05) is 34.7 Å². The van der Waals surface area contributed by atoms with Crippen LogP contribution in [-0.4, -0.2) is 30.8 Å². The number of benzene rings is 3. The Hall–Kier alpha value is -4.13. The summed E-state index contributed by atoms with van der Waals surface area (Å²) in [7, 11) is 0. The minimum atomic E-state index is -0.210. The van der Waals surface area contributed by atoms with Gasteiger partial charge < -0.3 is 21.3 Å². The molecule has 0 aromatic heterocycles. The third-order valence-corrected chi connectivity index (χ3v) is 5.12. The Morgan fingerprint density at radius 2 is 1.38 bits per heavy atom. The molecule has 3 amide bonds. The molecular weight excluding hydrogens is 428 g/mol. The van der Waals surface area contributed by atoms with Crippen LogP contribution in [0.3, 0.4) is 0 Å². The van der Waals surface area contributed by atoms with Crippen molar-refractivity contribution in [2.75, 3.05) is 29.0 Å². The molecule has 3 aromatic rings. The Balaban J connectivity index is 1.45. The Labute approximate surface area is 200 Å². The molecule has 0 spiro atoms. The number of amides is 3. The van der Waals surface area contributed by atoms with Gasteiger partial charge >= 0.3 is 0 Å². The van der Waals surface area contributed by atoms with Crippen molar-refractivity contribution in [1.82, 2.24) is 5.32 Å². The fourth-order valence-electron chi connectivity index (χ4n) is 3.23. The summed E-state index contributed by atoms with van der Waals surface area (Å²) in [5.41, 5.74) is 4.20. The Morgan fingerprint density at radius 1 is 0.735 bits per heavy atom. The molecule has 0 unspecified atom stereocenters. The van der Waals surface area contributed by atoms with Gasteiger partial charge in [-0.05, 0) is 74.0 Å². The lowest BCUT2D eigenvalue weighted by molar-refractivity contribution is -0.114. The van der Waals surface area contributed by atoms with Gasteiger partial charge in [-0.2, -0.15) is 0 Å². The van der Waals surface area contributed by atoms with E-state index in [1.54, 1.807) is 54.6 Å². The summed E-state index contributed by atoms with van der Waals surface area (Å²) in [6.45, 7) is 4.75. The van der Waals surface area contributed by atoms with Crippen molar-refractivity contribution in [2.45, 2.75) is 26.7 Å². The van der Waals surface area contributed by atoms with Crippen LogP contribution in [0.1, 0.15) is 46.0 Å². The number of hydrogen-bond acceptors (Lipinski definition) is 4. The number of carbonyl (C=O) groups excluding carboxylic acids is 3. The minimum absolute atomic E-state index is 0.0773. The van der Waals surface area contributed by atoms with Crippen molar-refractivity contribution in [2.24, 2.45) is 0 Å². The summed E-state index contributed by atoms with van der Waals surface area (Å²) in [5, 5.41) is 11.6. The van der Waals surface area contributed by atoms with Crippen molar-refractivity contribution in [3.8, 4) is 0 Å². The molecule has 0 fully saturated rings. The molecule has 0 radical (unpaired) electrons. The minimum Gasteiger partial charge on any atom is -0.376 e. The van der Waals surface area contributed by atoms with Gasteiger partial charge in [0.1, 0.15) is 0 Å². The van der Waals surface area contributed by atoms with E-state index >= 15 is 0 Å². The number of carbonyl (C=O) groups is 3. The van der Waals surface area contributed by atoms with Crippen LogP contribution in [0.5, 0.6) is 0 Å². The average molecular weight is 459 g/mol. The Morgan fingerprint density at radius 3 is 2.03 bits per heavy atom. The zero-order valence-corrected chi connectivity index (χ0v) is 19.5. The normalized spacial score (nSPS) is 10.3. The standard InChI is InChI=1S/C27H30N4O3/c1-3-4-16-28-26(33)20-8-10-22(11-9-20)29-18-25(32)30-23-12-14-24(15-13-23)31-27(34)21-7-5-6-19(2)17-21/h5-15,17,29H,3-4,16,18H2,1-2H3,(H,28,33)(H,30,32)(H,31,34). The second kappa shape index (κ2) is 12.2. The number of unbranched alkanes of at least 4 members (excludes halogenated alkanes) is 1. The quantitative estimate of drug-likeness (QED) is 0.327. The molecule has 176 valence electrons. The molecule has 0 saturated heterocycles. The van der Waals surface area contributed by atoms with E-state index in [2.05, 4.69) is 28.2 Å². The number of rotatable bonds is 10. The van der Waals surface area contributed by atoms with Gasteiger partial charge in [-0.25, -0.2) is 0 Å². The summed E-state index contributed by atoms with van der Waals surface area (Å²) in [6, 6.07) is 21.3. The van der Waals surface area contributed by atoms with E-state index in [1.165, 1.54) is 0 Å². The highest BCUT2D eigenvalue weighted by atomic mass is 16.2. The molecule has 0 aliphatic carbocycles. The monoisotopic (exact) mass is 458 g/mol. The highest BCUT2D eigenvalue weighted by Gasteiger charge is 2.08. The predicted molar refractivity (Wildman–Crippen MR) is 136 cm³/mol. The fraction of sp³-hybridized carbons (Fsp3) is 0.222. The molecule has 0 heterocycles. The third-order valence-electron chi connectivity index (χ3n) is 5.12. The Kier molecular flexibility index (Phi) is 8.80. The molecule has 0 bridgehead atoms. The van der Waals surface area contributed by atoms with Crippen LogP contribution in [-0.2, 0) is 4.79 Å². The largest absolute Gasteiger partial charge is 0.376 e. The molecule has 3 rings (SSSR count). The van der Waals surface area contributed by atoms with Crippen LogP contribution < -0.4 is 21.3 Å². The van der Waals surface area contributed by atoms with Crippen LogP contribution in [0.25, 0.3) is 0 Å². The summed E-state index contributed by atoms with van der Waals surface area (Å²) >= 11 is 0. The van der Waals surface area contributed by atoms with E-state index in [0.717, 1.165) is 24.1 Å². The first-order chi connectivity index (χ1) is 16.4. The molecule has 7 nitrogen and oxygen atoms in total. The van der Waals surface area contributed by atoms with E-state index in [4.69, 9.17) is 0 Å². The lowest BCUT2D eigenvalue weighted by Gasteiger charge is -2.10. The van der Waals surface area contributed by atoms with Crippen LogP contribution in [0.2, 0.25) is 0 Å². The summed E-state index contributed by atoms with van der Waals surface area (Å²) < 4.78 is 0. The lowest BCUT2D eigenvalue weighted by atomic mass is 10.1. The lowest BCUT2D eigenvalue weighted by Crippen LogP contribution is -2.24. The molecule has 0 atom stereocenters. The smallest absolute Gasteiger partial charge is 0.255 e. The van der Waals surface area contributed by atoms with Crippen molar-refractivity contribution in [1.29, 1.82) is 0 Å². The summed E-state index contributed by atoms with van der Waals surface area (Å²) in [6.07, 6.45) is 1.98. The van der Waals surface area contributed by atoms with Gasteiger partial charge in [-0.3, -0.25) is 14.4 Å². The SMILES string of the molecule is CCCCNC(=O)c1ccc(NCC(=O)Nc2ccc(NC(=O)c3cccc(C)c3)cc2)cc1. The second-order valence-electron chi connectivity index (χ2n) is 7.99. The fourth-order valence-corrected chi connectivity index (χ4v) is 3.23. The van der Waals surface area contributed by atoms with Gasteiger partial charge in [-0.15, -0.1) is 0 Å². The predicted octanol–water partition coefficient (Wildman–Crippen LogP) is 4.83. The maximum absolute atomic E-state index is 12.4. The van der Waals surface area contributed by atoms with E-state index in [9.17, 15) is 14.4 Å². The van der Waals surface area contributed by atoms with Crippen molar-refractivity contribution < 1.29 is 14.4 Å². The molecule has 0 aliphatic rings. The zero-order valence-electron chi connectivity index (χ0n) is 19.5. The van der Waals surface area contributed by atoms with E-state index in [1.807, 2.05) is 25.1 Å². The topological polar surface area (TPSA) is 99.3 Å². The first kappa shape index (κ1) is 24.5. The van der Waals surface area contributed by atoms with E-state index < -0.39 is 0 Å². The van der Waals surface area contributed by atoms with Crippen molar-refractivity contribution in [3.05, 3.63) is 89.5 Å². The third kappa shape index (κ3) is 7.48. The van der Waals surface area contributed by atoms with Gasteiger partial charge in [0.25, 0.3) is 11.8 Å². The van der Waals surface area contributed by atoms with E-state index in [-0.39, 0.29) is 24.3 Å². The molecule has 7 heteroatoms. The molecule has 0 aliphatic heterocycles. The van der Waals surface area contributed by atoms with Crippen molar-refractivity contribution >= 4 is 34.8 Å². The van der Waals surface area contributed by atoms with Crippen molar-refractivity contribution in [3.63, 3.8) is 0 Å². The van der Waals surface area contributed by atoms with Crippen LogP contribution >= 0.6 is 0 Å². The first-order valence-electron chi connectivity index (χ1n) is 11.3. The summed E-state index contributed by atoms with van der Waals surface area (Å²) in [4.78, 5) is 36.7. The maximum Gasteiger partial charge on any atom is 0.255 e. The van der Waals surface area contributed by atoms with Crippen LogP contribution in [0.15, 0.2) is 72.8 Å². The first-order valence-corrected chi connectivity index (χ1v) is 11.3. The van der Waals surface area contributed by atoms with E-state index in [0.29, 0.717) is 29.0 Å². The van der Waals surface area contributed by atoms with Crippen LogP contribution in [0, 0.1) is 6.92 Å². The number of aryl methyl sites for hydroxylation is 1. The maximum atomic E-state index is 12.4. The van der Waals surface area contributed by atoms with Gasteiger partial charge in [0.2, 0.25) is 5.91 Å². The van der Waals surface area contributed by atoms with Gasteiger partial charge in [0.15, 0.2) is 0 Å². The second-order valence-corrected chi connectivity index (χ2v) is 7.99. The number of nitrogens with one attached hydrogen (secondary N) is 4. The van der Waals surface area contributed by atoms with Gasteiger partial charge in [0.05, 0.1) is 6.54 Å². The summed E-state index contributed by atoms with van der Waals surface area (Å²) in [5.74, 6) is -0.497. The zero-order chi connectivity index (χ0) is 24.3. The Bertz CT molecular complexity index is 1130. The number of hydrogen-bond donors (Lipinski definition) is 4. The molecule has 4 N–H and O–H groups in total. The highest BCUT2D eigenvalue weighted by Crippen LogP contribution is 2.15. The van der Waals surface area contributed by atoms with Crippen LogP contribution in [0.4, 0.5) is 17.1 Å². The highest BCUT2D eigenvalue weighted by molar-refractivity contribution is 6.04.